The molecule has 0 saturated carbocycles. The number of benzene rings is 1. The lowest BCUT2D eigenvalue weighted by molar-refractivity contribution is -0.144. The Morgan fingerprint density at radius 2 is 2.17 bits per heavy atom. The molecule has 2 rings (SSSR count). The summed E-state index contributed by atoms with van der Waals surface area (Å²) in [5.41, 5.74) is 1.32. The lowest BCUT2D eigenvalue weighted by Crippen LogP contribution is -2.45. The number of rotatable bonds is 4. The molecule has 1 aliphatic heterocycles. The summed E-state index contributed by atoms with van der Waals surface area (Å²) in [6.45, 7) is 5.35. The van der Waals surface area contributed by atoms with Crippen LogP contribution in [0.2, 0.25) is 0 Å². The van der Waals surface area contributed by atoms with Crippen LogP contribution in [0.25, 0.3) is 0 Å². The predicted octanol–water partition coefficient (Wildman–Crippen LogP) is 3.56. The molecule has 0 fully saturated rings. The Morgan fingerprint density at radius 3 is 2.78 bits per heavy atom. The Morgan fingerprint density at radius 1 is 1.48 bits per heavy atom. The number of nitrogens with one attached hydrogen (secondary N) is 2. The average Bonchev–Trinajstić information content (AvgIpc) is 2.48. The van der Waals surface area contributed by atoms with Crippen LogP contribution in [0, 0.1) is 5.82 Å². The smallest absolute Gasteiger partial charge is 0.338 e. The summed E-state index contributed by atoms with van der Waals surface area (Å²) in [7, 11) is 0. The fourth-order valence-corrected chi connectivity index (χ4v) is 2.63. The second-order valence-electron chi connectivity index (χ2n) is 5.37. The van der Waals surface area contributed by atoms with Crippen molar-refractivity contribution in [2.75, 3.05) is 0 Å². The van der Waals surface area contributed by atoms with Crippen molar-refractivity contribution in [2.24, 2.45) is 0 Å². The van der Waals surface area contributed by atoms with Gasteiger partial charge in [0, 0.05) is 5.70 Å². The number of hydrogen-bond acceptors (Lipinski definition) is 3. The summed E-state index contributed by atoms with van der Waals surface area (Å²) in [5.74, 6) is -0.923. The molecule has 1 aromatic rings. The molecule has 0 aliphatic carbocycles. The molecule has 7 heteroatoms. The van der Waals surface area contributed by atoms with Crippen LogP contribution in [-0.2, 0) is 9.53 Å². The van der Waals surface area contributed by atoms with Crippen molar-refractivity contribution in [1.82, 2.24) is 10.6 Å². The molecule has 5 nitrogen and oxygen atoms in total. The highest BCUT2D eigenvalue weighted by atomic mass is 79.9. The average molecular weight is 385 g/mol. The predicted molar refractivity (Wildman–Crippen MR) is 87.1 cm³/mol. The van der Waals surface area contributed by atoms with Gasteiger partial charge in [-0.2, -0.15) is 0 Å². The highest BCUT2D eigenvalue weighted by Crippen LogP contribution is 2.30. The normalized spacial score (nSPS) is 19.0. The van der Waals surface area contributed by atoms with Gasteiger partial charge in [-0.3, -0.25) is 0 Å². The molecule has 2 atom stereocenters. The van der Waals surface area contributed by atoms with E-state index in [9.17, 15) is 14.0 Å². The lowest BCUT2D eigenvalue weighted by atomic mass is 9.95. The number of esters is 1. The molecule has 23 heavy (non-hydrogen) atoms. The SMILES string of the molecule is CC[C@H](C)OC(=O)C1=C(C)NC(=O)N[C@H]1c1ccc(F)c(Br)c1. The van der Waals surface area contributed by atoms with E-state index in [1.54, 1.807) is 13.8 Å². The third-order valence-corrected chi connectivity index (χ3v) is 4.26. The van der Waals surface area contributed by atoms with Crippen molar-refractivity contribution < 1.29 is 18.7 Å². The van der Waals surface area contributed by atoms with E-state index in [4.69, 9.17) is 4.74 Å². The van der Waals surface area contributed by atoms with Crippen LogP contribution in [0.4, 0.5) is 9.18 Å². The fraction of sp³-hybridized carbons (Fsp3) is 0.375. The van der Waals surface area contributed by atoms with Gasteiger partial charge in [-0.1, -0.05) is 13.0 Å². The number of carbonyl (C=O) groups excluding carboxylic acids is 2. The van der Waals surface area contributed by atoms with Gasteiger partial charge in [0.05, 0.1) is 22.2 Å². The molecule has 124 valence electrons. The maximum absolute atomic E-state index is 13.4. The van der Waals surface area contributed by atoms with E-state index in [0.29, 0.717) is 23.3 Å². The number of ether oxygens (including phenoxy) is 1. The van der Waals surface area contributed by atoms with Gasteiger partial charge >= 0.3 is 12.0 Å². The third kappa shape index (κ3) is 3.90. The Kier molecular flexibility index (Phi) is 5.41. The zero-order valence-corrected chi connectivity index (χ0v) is 14.7. The van der Waals surface area contributed by atoms with Gasteiger partial charge in [-0.15, -0.1) is 0 Å². The second kappa shape index (κ2) is 7.12. The van der Waals surface area contributed by atoms with Crippen LogP contribution in [-0.4, -0.2) is 18.1 Å². The molecule has 0 aromatic heterocycles. The van der Waals surface area contributed by atoms with Crippen LogP contribution in [0.3, 0.4) is 0 Å². The number of hydrogen-bond donors (Lipinski definition) is 2. The summed E-state index contributed by atoms with van der Waals surface area (Å²) >= 11 is 3.12. The van der Waals surface area contributed by atoms with Crippen LogP contribution in [0.1, 0.15) is 38.8 Å². The molecule has 2 N–H and O–H groups in total. The van der Waals surface area contributed by atoms with Gasteiger partial charge in [0.1, 0.15) is 5.82 Å². The molecule has 2 amide bonds. The first kappa shape index (κ1) is 17.5. The van der Waals surface area contributed by atoms with Gasteiger partial charge in [0.15, 0.2) is 0 Å². The summed E-state index contributed by atoms with van der Waals surface area (Å²) in [6.07, 6.45) is 0.450. The maximum atomic E-state index is 13.4. The van der Waals surface area contributed by atoms with Crippen molar-refractivity contribution in [3.05, 3.63) is 45.3 Å². The van der Waals surface area contributed by atoms with Crippen molar-refractivity contribution >= 4 is 27.9 Å². The zero-order valence-electron chi connectivity index (χ0n) is 13.1. The Hall–Kier alpha value is -1.89. The largest absolute Gasteiger partial charge is 0.459 e. The Bertz CT molecular complexity index is 675. The van der Waals surface area contributed by atoms with Gasteiger partial charge in [0.25, 0.3) is 0 Å². The minimum absolute atomic E-state index is 0.235. The van der Waals surface area contributed by atoms with Crippen LogP contribution in [0.5, 0.6) is 0 Å². The topological polar surface area (TPSA) is 67.4 Å². The Labute approximate surface area is 142 Å². The van der Waals surface area contributed by atoms with Gasteiger partial charge in [-0.25, -0.2) is 14.0 Å². The summed E-state index contributed by atoms with van der Waals surface area (Å²) < 4.78 is 19.1. The van der Waals surface area contributed by atoms with E-state index in [1.807, 2.05) is 6.92 Å². The molecule has 0 spiro atoms. The number of amides is 2. The van der Waals surface area contributed by atoms with E-state index < -0.39 is 23.9 Å². The number of carbonyl (C=O) groups is 2. The van der Waals surface area contributed by atoms with Crippen LogP contribution >= 0.6 is 15.9 Å². The zero-order chi connectivity index (χ0) is 17.1. The molecule has 0 unspecified atom stereocenters. The highest BCUT2D eigenvalue weighted by Gasteiger charge is 2.33. The first-order valence-electron chi connectivity index (χ1n) is 7.27. The molecule has 0 bridgehead atoms. The molecule has 1 aromatic carbocycles. The Balaban J connectivity index is 2.41. The van der Waals surface area contributed by atoms with Gasteiger partial charge in [-0.05, 0) is 53.9 Å². The molecule has 0 radical (unpaired) electrons. The molecular weight excluding hydrogens is 367 g/mol. The fourth-order valence-electron chi connectivity index (χ4n) is 2.24. The van der Waals surface area contributed by atoms with Crippen LogP contribution < -0.4 is 10.6 Å². The second-order valence-corrected chi connectivity index (χ2v) is 6.22. The number of urea groups is 1. The van der Waals surface area contributed by atoms with Gasteiger partial charge < -0.3 is 15.4 Å². The van der Waals surface area contributed by atoms with E-state index in [1.165, 1.54) is 18.2 Å². The van der Waals surface area contributed by atoms with E-state index in [0.717, 1.165) is 0 Å². The standard InChI is InChI=1S/C16H18BrFN2O3/c1-4-8(2)23-15(21)13-9(3)19-16(22)20-14(13)10-5-6-12(18)11(17)7-10/h5-8,14H,4H2,1-3H3,(H2,19,20,22)/t8-,14-/m0/s1. The molecule has 1 aliphatic rings. The molecule has 1 heterocycles. The van der Waals surface area contributed by atoms with E-state index in [2.05, 4.69) is 26.6 Å². The molecule has 0 saturated heterocycles. The maximum Gasteiger partial charge on any atom is 0.338 e. The highest BCUT2D eigenvalue weighted by molar-refractivity contribution is 9.10. The van der Waals surface area contributed by atoms with Crippen molar-refractivity contribution in [1.29, 1.82) is 0 Å². The summed E-state index contributed by atoms with van der Waals surface area (Å²) in [5, 5.41) is 5.25. The minimum Gasteiger partial charge on any atom is -0.459 e. The van der Waals surface area contributed by atoms with Crippen molar-refractivity contribution in [3.63, 3.8) is 0 Å². The van der Waals surface area contributed by atoms with Crippen molar-refractivity contribution in [2.45, 2.75) is 39.3 Å². The first-order chi connectivity index (χ1) is 10.8. The van der Waals surface area contributed by atoms with Gasteiger partial charge in [0.2, 0.25) is 0 Å². The monoisotopic (exact) mass is 384 g/mol. The first-order valence-corrected chi connectivity index (χ1v) is 8.07. The summed E-state index contributed by atoms with van der Waals surface area (Å²) in [4.78, 5) is 24.2. The lowest BCUT2D eigenvalue weighted by Gasteiger charge is -2.29. The van der Waals surface area contributed by atoms with E-state index >= 15 is 0 Å². The quantitative estimate of drug-likeness (QED) is 0.779. The summed E-state index contributed by atoms with van der Waals surface area (Å²) in [6, 6.07) is 3.22. The van der Waals surface area contributed by atoms with Crippen molar-refractivity contribution in [3.8, 4) is 0 Å². The minimum atomic E-state index is -0.697. The van der Waals surface area contributed by atoms with Crippen LogP contribution in [0.15, 0.2) is 33.9 Å². The van der Waals surface area contributed by atoms with E-state index in [-0.39, 0.29) is 10.6 Å². The third-order valence-electron chi connectivity index (χ3n) is 3.65. The molecular formula is C16H18BrFN2O3. The number of allylic oxidation sites excluding steroid dienone is 1. The number of halogens is 2.